The van der Waals surface area contributed by atoms with Crippen LogP contribution in [0.25, 0.3) is 0 Å². The van der Waals surface area contributed by atoms with Gasteiger partial charge in [0.1, 0.15) is 28.9 Å². The van der Waals surface area contributed by atoms with Crippen LogP contribution in [-0.4, -0.2) is 0 Å². The number of halogens is 8. The van der Waals surface area contributed by atoms with Gasteiger partial charge in [0.05, 0.1) is 16.7 Å². The van der Waals surface area contributed by atoms with Crippen LogP contribution in [0.5, 0.6) is 17.2 Å². The van der Waals surface area contributed by atoms with Gasteiger partial charge >= 0.3 is 18.3 Å². The first kappa shape index (κ1) is 42.9. The van der Waals surface area contributed by atoms with Crippen molar-refractivity contribution < 1.29 is 49.3 Å². The third-order valence-corrected chi connectivity index (χ3v) is 8.14. The van der Waals surface area contributed by atoms with Crippen LogP contribution in [0.15, 0.2) is 133 Å². The first-order valence-corrected chi connectivity index (χ1v) is 17.2. The first-order chi connectivity index (χ1) is 26.2. The molecule has 11 heteroatoms. The quantitative estimate of drug-likeness (QED) is 0.137. The largest absolute Gasteiger partial charge is 0.429 e. The second-order valence-corrected chi connectivity index (χ2v) is 13.1. The Morgan fingerprint density at radius 1 is 0.339 bits per heavy atom. The highest BCUT2D eigenvalue weighted by molar-refractivity contribution is 5.32. The second kappa shape index (κ2) is 18.2. The summed E-state index contributed by atoms with van der Waals surface area (Å²) in [4.78, 5) is 0. The van der Waals surface area contributed by atoms with Crippen LogP contribution in [0.2, 0.25) is 0 Å². The van der Waals surface area contributed by atoms with Crippen molar-refractivity contribution >= 4 is 0 Å². The summed E-state index contributed by atoms with van der Waals surface area (Å²) in [5, 5.41) is 0. The molecule has 3 nitrogen and oxygen atoms in total. The van der Waals surface area contributed by atoms with Gasteiger partial charge < -0.3 is 14.2 Å². The molecule has 0 saturated carbocycles. The molecule has 0 bridgehead atoms. The number of hydrogen-bond acceptors (Lipinski definition) is 3. The van der Waals surface area contributed by atoms with Crippen LogP contribution < -0.4 is 14.2 Å². The van der Waals surface area contributed by atoms with E-state index >= 15 is 0 Å². The minimum absolute atomic E-state index is 0.00410. The SMILES string of the molecule is Cc1ccc(C(F)(F)Oc2ccc(C)c(F)c2)cc1.Cc1ccc(OC(F)(F)c2ccc(C)cc2)cc1.Cc1ccc(OC(F)(F)c2ccc(C)cc2F)cc1. The van der Waals surface area contributed by atoms with Crippen molar-refractivity contribution in [1.82, 2.24) is 0 Å². The number of hydrogen-bond donors (Lipinski definition) is 0. The molecule has 56 heavy (non-hydrogen) atoms. The van der Waals surface area contributed by atoms with Gasteiger partial charge in [0, 0.05) is 6.07 Å². The molecule has 0 aliphatic carbocycles. The molecule has 6 aromatic carbocycles. The van der Waals surface area contributed by atoms with Crippen LogP contribution >= 0.6 is 0 Å². The first-order valence-electron chi connectivity index (χ1n) is 17.2. The minimum atomic E-state index is -3.70. The maximum absolute atomic E-state index is 13.9. The van der Waals surface area contributed by atoms with E-state index in [2.05, 4.69) is 9.47 Å². The molecule has 0 heterocycles. The smallest absolute Gasteiger partial charge is 0.429 e. The van der Waals surface area contributed by atoms with Gasteiger partial charge in [-0.05, 0) is 119 Å². The van der Waals surface area contributed by atoms with Crippen molar-refractivity contribution in [3.63, 3.8) is 0 Å². The lowest BCUT2D eigenvalue weighted by molar-refractivity contribution is -0.187. The van der Waals surface area contributed by atoms with Crippen molar-refractivity contribution in [1.29, 1.82) is 0 Å². The van der Waals surface area contributed by atoms with Gasteiger partial charge in [0.2, 0.25) is 0 Å². The molecule has 6 rings (SSSR count). The molecule has 0 unspecified atom stereocenters. The summed E-state index contributed by atoms with van der Waals surface area (Å²) in [7, 11) is 0. The summed E-state index contributed by atoms with van der Waals surface area (Å²) in [6.45, 7) is 10.6. The van der Waals surface area contributed by atoms with E-state index in [1.54, 1.807) is 69.3 Å². The number of alkyl halides is 6. The van der Waals surface area contributed by atoms with Crippen molar-refractivity contribution in [2.24, 2.45) is 0 Å². The van der Waals surface area contributed by atoms with E-state index in [0.29, 0.717) is 11.1 Å². The van der Waals surface area contributed by atoms with Gasteiger partial charge in [-0.25, -0.2) is 8.78 Å². The number of ether oxygens (including phenoxy) is 3. The lowest BCUT2D eigenvalue weighted by atomic mass is 10.1. The molecule has 0 aliphatic heterocycles. The Morgan fingerprint density at radius 2 is 0.679 bits per heavy atom. The average Bonchev–Trinajstić information content (AvgIpc) is 3.12. The molecule has 0 saturated heterocycles. The average molecular weight is 781 g/mol. The van der Waals surface area contributed by atoms with Crippen LogP contribution in [-0.2, 0) is 18.3 Å². The van der Waals surface area contributed by atoms with E-state index in [1.165, 1.54) is 66.7 Å². The summed E-state index contributed by atoms with van der Waals surface area (Å²) in [6.07, 6.45) is -10.5. The van der Waals surface area contributed by atoms with E-state index in [9.17, 15) is 35.1 Å². The van der Waals surface area contributed by atoms with E-state index in [0.717, 1.165) is 40.5 Å². The van der Waals surface area contributed by atoms with Gasteiger partial charge in [0.25, 0.3) is 0 Å². The van der Waals surface area contributed by atoms with Gasteiger partial charge in [-0.2, -0.15) is 26.3 Å². The highest BCUT2D eigenvalue weighted by atomic mass is 19.3. The maximum Gasteiger partial charge on any atom is 0.429 e. The van der Waals surface area contributed by atoms with E-state index in [-0.39, 0.29) is 28.4 Å². The minimum Gasteiger partial charge on any atom is -0.429 e. The third-order valence-electron chi connectivity index (χ3n) is 8.14. The fraction of sp³-hybridized carbons (Fsp3) is 0.200. The lowest BCUT2D eigenvalue weighted by Gasteiger charge is -2.19. The molecular weight excluding hydrogens is 740 g/mol. The summed E-state index contributed by atoms with van der Waals surface area (Å²) in [5.41, 5.74) is 3.52. The van der Waals surface area contributed by atoms with Crippen molar-refractivity contribution in [3.8, 4) is 17.2 Å². The third kappa shape index (κ3) is 12.3. The van der Waals surface area contributed by atoms with Crippen LogP contribution in [0.1, 0.15) is 50.1 Å². The highest BCUT2D eigenvalue weighted by Gasteiger charge is 2.38. The molecule has 294 valence electrons. The molecule has 0 aliphatic rings. The Kier molecular flexibility index (Phi) is 13.9. The molecule has 0 amide bonds. The lowest BCUT2D eigenvalue weighted by Crippen LogP contribution is -2.23. The molecule has 0 spiro atoms. The molecule has 0 aromatic heterocycles. The van der Waals surface area contributed by atoms with Gasteiger partial charge in [-0.3, -0.25) is 0 Å². The van der Waals surface area contributed by atoms with Crippen LogP contribution in [0.4, 0.5) is 35.1 Å². The molecular formula is C45H40F8O3. The molecule has 0 radical (unpaired) electrons. The zero-order valence-corrected chi connectivity index (χ0v) is 31.5. The van der Waals surface area contributed by atoms with Crippen molar-refractivity contribution in [2.45, 2.75) is 59.9 Å². The Hall–Kier alpha value is -5.84. The Labute approximate surface area is 321 Å². The molecule has 0 N–H and O–H groups in total. The van der Waals surface area contributed by atoms with Crippen molar-refractivity contribution in [2.75, 3.05) is 0 Å². The van der Waals surface area contributed by atoms with Gasteiger partial charge in [-0.15, -0.1) is 0 Å². The zero-order chi connectivity index (χ0) is 41.3. The van der Waals surface area contributed by atoms with E-state index in [1.807, 2.05) is 20.8 Å². The zero-order valence-electron chi connectivity index (χ0n) is 31.5. The monoisotopic (exact) mass is 780 g/mol. The predicted molar refractivity (Wildman–Crippen MR) is 201 cm³/mol. The van der Waals surface area contributed by atoms with Gasteiger partial charge in [0.15, 0.2) is 0 Å². The highest BCUT2D eigenvalue weighted by Crippen LogP contribution is 2.35. The normalized spacial score (nSPS) is 11.4. The topological polar surface area (TPSA) is 27.7 Å². The summed E-state index contributed by atoms with van der Waals surface area (Å²) in [5.74, 6) is -1.59. The summed E-state index contributed by atoms with van der Waals surface area (Å²) in [6, 6.07) is 31.7. The predicted octanol–water partition coefficient (Wildman–Crippen LogP) is 13.6. The Balaban J connectivity index is 0.000000187. The van der Waals surface area contributed by atoms with Crippen LogP contribution in [0, 0.1) is 53.2 Å². The maximum atomic E-state index is 13.9. The summed E-state index contributed by atoms with van der Waals surface area (Å²) < 4.78 is 124. The summed E-state index contributed by atoms with van der Waals surface area (Å²) >= 11 is 0. The molecule has 0 fully saturated rings. The number of rotatable bonds is 9. The number of aryl methyl sites for hydroxylation is 6. The Bertz CT molecular complexity index is 2170. The van der Waals surface area contributed by atoms with Gasteiger partial charge in [-0.1, -0.05) is 82.9 Å². The van der Waals surface area contributed by atoms with E-state index < -0.39 is 35.5 Å². The van der Waals surface area contributed by atoms with E-state index in [4.69, 9.17) is 4.74 Å². The number of benzene rings is 6. The van der Waals surface area contributed by atoms with Crippen LogP contribution in [0.3, 0.4) is 0 Å². The fourth-order valence-electron chi connectivity index (χ4n) is 4.82. The second-order valence-electron chi connectivity index (χ2n) is 13.1. The van der Waals surface area contributed by atoms with Crippen molar-refractivity contribution in [3.05, 3.63) is 195 Å². The molecule has 0 atom stereocenters. The fourth-order valence-corrected chi connectivity index (χ4v) is 4.82. The Morgan fingerprint density at radius 3 is 1.07 bits per heavy atom. The molecule has 6 aromatic rings. The standard InChI is InChI=1S/2C15H13F3O.C15H14F2O/c1-10-3-6-12(7-4-10)15(17,18)19-13-8-5-11(2)14(16)9-13;1-10-3-6-12(7-4-10)19-15(17,18)13-8-5-11(2)9-14(13)16;1-11-3-7-13(8-4-11)15(16,17)18-14-9-5-12(2)6-10-14/h2*3-9H,1-2H3;3-10H,1-2H3.